The molecule has 0 bridgehead atoms. The Morgan fingerprint density at radius 3 is 2.53 bits per heavy atom. The van der Waals surface area contributed by atoms with Gasteiger partial charge in [-0.25, -0.2) is 9.61 Å². The van der Waals surface area contributed by atoms with Crippen molar-refractivity contribution in [1.82, 2.24) is 5.09 Å². The lowest BCUT2D eigenvalue weighted by Crippen LogP contribution is -2.25. The van der Waals surface area contributed by atoms with E-state index in [2.05, 4.69) is 9.61 Å². The van der Waals surface area contributed by atoms with Crippen LogP contribution in [0.4, 0.5) is 8.78 Å². The fourth-order valence-electron chi connectivity index (χ4n) is 0.723. The second-order valence-electron chi connectivity index (χ2n) is 2.69. The third-order valence-electron chi connectivity index (χ3n) is 1.26. The Morgan fingerprint density at radius 2 is 2.13 bits per heavy atom. The van der Waals surface area contributed by atoms with Crippen molar-refractivity contribution in [1.29, 1.82) is 0 Å². The smallest absolute Gasteiger partial charge is 0.262 e. The van der Waals surface area contributed by atoms with Crippen LogP contribution in [0, 0.1) is 0 Å². The lowest BCUT2D eigenvalue weighted by Gasteiger charge is -2.22. The third kappa shape index (κ3) is 6.74. The van der Waals surface area contributed by atoms with Gasteiger partial charge in [0.05, 0.1) is 0 Å². The molecule has 0 fully saturated rings. The first-order valence-corrected chi connectivity index (χ1v) is 8.28. The van der Waals surface area contributed by atoms with Gasteiger partial charge in [0.25, 0.3) is 0 Å². The van der Waals surface area contributed by atoms with Crippen LogP contribution >= 0.6 is 29.7 Å². The molecule has 0 aliphatic carbocycles. The number of hydrogen-bond acceptors (Lipinski definition) is 3. The Hall–Kier alpha value is 0.650. The first-order valence-electron chi connectivity index (χ1n) is 4.53. The fourth-order valence-corrected chi connectivity index (χ4v) is 4.37. The molecular weight excluding hydrogens is 267 g/mol. The normalized spacial score (nSPS) is 16.3. The van der Waals surface area contributed by atoms with Crippen LogP contribution in [0.3, 0.4) is 0 Å². The molecule has 0 aliphatic rings. The predicted molar refractivity (Wildman–Crippen MR) is 60.8 cm³/mol. The molecule has 0 aromatic rings. The van der Waals surface area contributed by atoms with Gasteiger partial charge in [0.15, 0.2) is 0 Å². The van der Waals surface area contributed by atoms with Crippen LogP contribution in [0.25, 0.3) is 0 Å². The van der Waals surface area contributed by atoms with Gasteiger partial charge in [-0.2, -0.15) is 8.78 Å². The van der Waals surface area contributed by atoms with Crippen molar-refractivity contribution in [2.75, 3.05) is 18.2 Å². The molecule has 0 heterocycles. The Bertz CT molecular complexity index is 233. The molecule has 3 nitrogen and oxygen atoms in total. The van der Waals surface area contributed by atoms with Crippen LogP contribution in [0.5, 0.6) is 0 Å². The first kappa shape index (κ1) is 15.7. The summed E-state index contributed by atoms with van der Waals surface area (Å²) in [5.41, 5.74) is 0. The quantitative estimate of drug-likeness (QED) is 0.544. The molecule has 1 N–H and O–H groups in total. The molecule has 0 radical (unpaired) electrons. The molecule has 1 unspecified atom stereocenters. The van der Waals surface area contributed by atoms with Gasteiger partial charge >= 0.3 is 12.8 Å². The lowest BCUT2D eigenvalue weighted by atomic mass is 10.5. The Morgan fingerprint density at radius 1 is 1.53 bits per heavy atom. The van der Waals surface area contributed by atoms with Crippen LogP contribution in [-0.4, -0.2) is 24.3 Å². The van der Waals surface area contributed by atoms with Crippen molar-refractivity contribution in [3.63, 3.8) is 0 Å². The van der Waals surface area contributed by atoms with Crippen LogP contribution in [-0.2, 0) is 9.09 Å². The molecule has 0 aromatic carbocycles. The van der Waals surface area contributed by atoms with E-state index in [0.717, 1.165) is 11.4 Å². The van der Waals surface area contributed by atoms with Gasteiger partial charge in [-0.1, -0.05) is 25.2 Å². The molecule has 92 valence electrons. The summed E-state index contributed by atoms with van der Waals surface area (Å²) < 4.78 is 41.7. The summed E-state index contributed by atoms with van der Waals surface area (Å²) in [5, 5.41) is 2.49. The van der Waals surface area contributed by atoms with Gasteiger partial charge in [0.2, 0.25) is 0 Å². The van der Waals surface area contributed by atoms with E-state index in [1.165, 1.54) is 0 Å². The summed E-state index contributed by atoms with van der Waals surface area (Å²) in [6.45, 7) is 0.378. The van der Waals surface area contributed by atoms with E-state index >= 15 is 0 Å². The Balaban J connectivity index is 4.43. The average molecular weight is 282 g/mol. The molecule has 0 saturated heterocycles. The fraction of sp³-hybridized carbons (Fsp3) is 1.00. The highest BCUT2D eigenvalue weighted by molar-refractivity contribution is 8.56. The SMILES string of the molecule is CCCNP(=O)(OC(F)(F)CCl)SCC. The van der Waals surface area contributed by atoms with Gasteiger partial charge in [-0.3, -0.25) is 4.57 Å². The molecule has 0 saturated carbocycles. The van der Waals surface area contributed by atoms with Crippen LogP contribution in [0.15, 0.2) is 0 Å². The maximum atomic E-state index is 12.8. The van der Waals surface area contributed by atoms with Crippen LogP contribution < -0.4 is 5.09 Å². The Labute approximate surface area is 97.5 Å². The highest BCUT2D eigenvalue weighted by Gasteiger charge is 2.39. The summed E-state index contributed by atoms with van der Waals surface area (Å²) in [5.74, 6) is -0.582. The molecule has 0 spiro atoms. The highest BCUT2D eigenvalue weighted by atomic mass is 35.5. The van der Waals surface area contributed by atoms with E-state index < -0.39 is 18.7 Å². The topological polar surface area (TPSA) is 38.3 Å². The van der Waals surface area contributed by atoms with Gasteiger partial charge in [-0.05, 0) is 6.42 Å². The lowest BCUT2D eigenvalue weighted by molar-refractivity contribution is -0.153. The number of alkyl halides is 3. The van der Waals surface area contributed by atoms with Gasteiger partial charge in [-0.15, -0.1) is 11.6 Å². The van der Waals surface area contributed by atoms with Crippen molar-refractivity contribution < 1.29 is 17.9 Å². The van der Waals surface area contributed by atoms with Gasteiger partial charge < -0.3 is 0 Å². The van der Waals surface area contributed by atoms with E-state index in [9.17, 15) is 13.3 Å². The van der Waals surface area contributed by atoms with E-state index in [4.69, 9.17) is 11.6 Å². The molecule has 0 aliphatic heterocycles. The molecule has 0 amide bonds. The minimum absolute atomic E-state index is 0.364. The molecule has 1 atom stereocenters. The third-order valence-corrected chi connectivity index (χ3v) is 5.70. The number of nitrogens with one attached hydrogen (secondary N) is 1. The maximum Gasteiger partial charge on any atom is 0.375 e. The minimum atomic E-state index is -3.56. The number of rotatable bonds is 8. The van der Waals surface area contributed by atoms with E-state index in [1.807, 2.05) is 6.92 Å². The molecular formula is C7H15ClF2NO2PS. The summed E-state index contributed by atoms with van der Waals surface area (Å²) in [6, 6.07) is 0. The predicted octanol–water partition coefficient (Wildman–Crippen LogP) is 3.70. The summed E-state index contributed by atoms with van der Waals surface area (Å²) in [6.07, 6.45) is -2.87. The van der Waals surface area contributed by atoms with E-state index in [0.29, 0.717) is 18.7 Å². The Kier molecular flexibility index (Phi) is 7.38. The zero-order valence-electron chi connectivity index (χ0n) is 8.63. The number of hydrogen-bond donors (Lipinski definition) is 1. The molecule has 0 rings (SSSR count). The summed E-state index contributed by atoms with van der Waals surface area (Å²) in [7, 11) is 0. The summed E-state index contributed by atoms with van der Waals surface area (Å²) >= 11 is 5.84. The largest absolute Gasteiger partial charge is 0.375 e. The molecule has 8 heteroatoms. The minimum Gasteiger partial charge on any atom is -0.262 e. The van der Waals surface area contributed by atoms with E-state index in [-0.39, 0.29) is 0 Å². The molecule has 15 heavy (non-hydrogen) atoms. The zero-order valence-corrected chi connectivity index (χ0v) is 11.1. The maximum absolute atomic E-state index is 12.8. The average Bonchev–Trinajstić information content (AvgIpc) is 2.14. The van der Waals surface area contributed by atoms with Crippen LogP contribution in [0.1, 0.15) is 20.3 Å². The monoisotopic (exact) mass is 281 g/mol. The highest BCUT2D eigenvalue weighted by Crippen LogP contribution is 2.58. The molecule has 0 aromatic heterocycles. The van der Waals surface area contributed by atoms with Crippen LogP contribution in [0.2, 0.25) is 0 Å². The van der Waals surface area contributed by atoms with Crippen molar-refractivity contribution >= 4 is 29.7 Å². The second kappa shape index (κ2) is 7.07. The van der Waals surface area contributed by atoms with Crippen molar-refractivity contribution in [2.45, 2.75) is 26.4 Å². The van der Waals surface area contributed by atoms with Crippen molar-refractivity contribution in [3.8, 4) is 0 Å². The first-order chi connectivity index (χ1) is 6.89. The number of halogens is 3. The standard InChI is InChI=1S/C7H15ClF2NO2PS/c1-3-5-11-14(12,15-4-2)13-7(9,10)6-8/h3-6H2,1-2H3,(H,11,12). The van der Waals surface area contributed by atoms with E-state index in [1.54, 1.807) is 6.92 Å². The second-order valence-corrected chi connectivity index (χ2v) is 7.50. The van der Waals surface area contributed by atoms with Crippen molar-refractivity contribution in [2.24, 2.45) is 0 Å². The van der Waals surface area contributed by atoms with Crippen molar-refractivity contribution in [3.05, 3.63) is 0 Å². The van der Waals surface area contributed by atoms with Gasteiger partial charge in [0, 0.05) is 12.3 Å². The summed E-state index contributed by atoms with van der Waals surface area (Å²) in [4.78, 5) is 0. The van der Waals surface area contributed by atoms with Gasteiger partial charge in [0.1, 0.15) is 5.88 Å². The zero-order chi connectivity index (χ0) is 11.9.